The third-order valence-corrected chi connectivity index (χ3v) is 7.70. The molecule has 1 aromatic carbocycles. The van der Waals surface area contributed by atoms with Gasteiger partial charge in [0.05, 0.1) is 6.10 Å². The minimum absolute atomic E-state index is 0.00186. The summed E-state index contributed by atoms with van der Waals surface area (Å²) in [4.78, 5) is 18.8. The molecule has 3 aliphatic carbocycles. The van der Waals surface area contributed by atoms with Gasteiger partial charge in [0.2, 0.25) is 0 Å². The van der Waals surface area contributed by atoms with E-state index >= 15 is 0 Å². The van der Waals surface area contributed by atoms with Crippen molar-refractivity contribution >= 4 is 17.6 Å². The Bertz CT molecular complexity index is 1100. The summed E-state index contributed by atoms with van der Waals surface area (Å²) < 4.78 is 65.2. The zero-order valence-corrected chi connectivity index (χ0v) is 18.4. The van der Waals surface area contributed by atoms with Crippen molar-refractivity contribution in [1.82, 2.24) is 4.98 Å². The maximum Gasteiger partial charge on any atom is 0.396 e. The van der Waals surface area contributed by atoms with E-state index < -0.39 is 35.8 Å². The SMILES string of the molecule is O=C(Nc1ccc(OC2CC3C[C@@H]3C2)c(F)c1)c1nc(N2CC3CCC3C2)oc1CC(F)(F)F. The number of rotatable bonds is 6. The maximum absolute atomic E-state index is 14.6. The van der Waals surface area contributed by atoms with E-state index in [2.05, 4.69) is 10.3 Å². The summed E-state index contributed by atoms with van der Waals surface area (Å²) in [6, 6.07) is 4.03. The van der Waals surface area contributed by atoms with E-state index in [1.807, 2.05) is 0 Å². The van der Waals surface area contributed by atoms with E-state index in [1.165, 1.54) is 18.6 Å². The van der Waals surface area contributed by atoms with Crippen LogP contribution >= 0.6 is 0 Å². The van der Waals surface area contributed by atoms with Gasteiger partial charge < -0.3 is 19.4 Å². The van der Waals surface area contributed by atoms with E-state index in [9.17, 15) is 22.4 Å². The Labute approximate surface area is 193 Å². The van der Waals surface area contributed by atoms with Gasteiger partial charge in [-0.2, -0.15) is 18.2 Å². The molecule has 4 unspecified atom stereocenters. The number of anilines is 2. The fourth-order valence-corrected chi connectivity index (χ4v) is 5.67. The average Bonchev–Trinajstić information content (AvgIpc) is 3.05. The van der Waals surface area contributed by atoms with Crippen LogP contribution in [0.5, 0.6) is 5.75 Å². The number of oxazole rings is 1. The van der Waals surface area contributed by atoms with Crippen molar-refractivity contribution in [3.63, 3.8) is 0 Å². The number of hydrogen-bond acceptors (Lipinski definition) is 5. The second-order valence-electron chi connectivity index (χ2n) is 10.1. The summed E-state index contributed by atoms with van der Waals surface area (Å²) in [6.07, 6.45) is -0.731. The largest absolute Gasteiger partial charge is 0.487 e. The number of halogens is 4. The molecule has 0 spiro atoms. The number of benzene rings is 1. The van der Waals surface area contributed by atoms with Crippen molar-refractivity contribution in [2.45, 2.75) is 50.8 Å². The number of nitrogens with one attached hydrogen (secondary N) is 1. The predicted octanol–water partition coefficient (Wildman–Crippen LogP) is 5.19. The summed E-state index contributed by atoms with van der Waals surface area (Å²) in [5.74, 6) is 0.431. The molecule has 182 valence electrons. The number of aromatic nitrogens is 1. The molecule has 1 N–H and O–H groups in total. The van der Waals surface area contributed by atoms with Crippen molar-refractivity contribution in [3.8, 4) is 5.75 Å². The molecule has 4 fully saturated rings. The molecular formula is C24H25F4N3O3. The van der Waals surface area contributed by atoms with Crippen LogP contribution in [0.2, 0.25) is 0 Å². The average molecular weight is 479 g/mol. The number of hydrogen-bond donors (Lipinski definition) is 1. The molecule has 10 heteroatoms. The molecule has 3 saturated carbocycles. The Morgan fingerprint density at radius 1 is 1.12 bits per heavy atom. The van der Waals surface area contributed by atoms with Crippen molar-refractivity contribution in [3.05, 3.63) is 35.5 Å². The zero-order valence-electron chi connectivity index (χ0n) is 18.4. The van der Waals surface area contributed by atoms with Crippen LogP contribution in [0.3, 0.4) is 0 Å². The van der Waals surface area contributed by atoms with Crippen LogP contribution in [0, 0.1) is 29.5 Å². The van der Waals surface area contributed by atoms with Gasteiger partial charge in [-0.15, -0.1) is 0 Å². The van der Waals surface area contributed by atoms with Gasteiger partial charge in [-0.05, 0) is 67.9 Å². The van der Waals surface area contributed by atoms with Crippen LogP contribution in [0.25, 0.3) is 0 Å². The Morgan fingerprint density at radius 2 is 1.82 bits per heavy atom. The number of alkyl halides is 3. The topological polar surface area (TPSA) is 67.6 Å². The zero-order chi connectivity index (χ0) is 23.6. The van der Waals surface area contributed by atoms with E-state index in [-0.39, 0.29) is 23.6 Å². The number of nitrogens with zero attached hydrogens (tertiary/aromatic N) is 2. The lowest BCUT2D eigenvalue weighted by molar-refractivity contribution is -0.130. The molecule has 0 radical (unpaired) electrons. The first-order chi connectivity index (χ1) is 16.2. The molecule has 6 rings (SSSR count). The van der Waals surface area contributed by atoms with Crippen molar-refractivity contribution in [2.24, 2.45) is 23.7 Å². The van der Waals surface area contributed by atoms with Gasteiger partial charge in [0, 0.05) is 24.8 Å². The predicted molar refractivity (Wildman–Crippen MR) is 114 cm³/mol. The van der Waals surface area contributed by atoms with Gasteiger partial charge in [-0.25, -0.2) is 4.39 Å². The molecule has 5 atom stereocenters. The number of ether oxygens (including phenoxy) is 1. The quantitative estimate of drug-likeness (QED) is 0.578. The van der Waals surface area contributed by atoms with Crippen LogP contribution < -0.4 is 15.0 Å². The first-order valence-electron chi connectivity index (χ1n) is 11.8. The Morgan fingerprint density at radius 3 is 2.44 bits per heavy atom. The highest BCUT2D eigenvalue weighted by Gasteiger charge is 2.47. The normalized spacial score (nSPS) is 29.4. The fourth-order valence-electron chi connectivity index (χ4n) is 5.67. The molecule has 1 aliphatic heterocycles. The third-order valence-electron chi connectivity index (χ3n) is 7.70. The third kappa shape index (κ3) is 4.22. The second-order valence-corrected chi connectivity index (χ2v) is 10.1. The van der Waals surface area contributed by atoms with E-state index in [0.29, 0.717) is 36.8 Å². The van der Waals surface area contributed by atoms with Gasteiger partial charge in [0.1, 0.15) is 12.2 Å². The first-order valence-corrected chi connectivity index (χ1v) is 11.8. The minimum atomic E-state index is -4.57. The number of carbonyl (C=O) groups is 1. The number of fused-ring (bicyclic) bond motifs is 2. The molecule has 6 nitrogen and oxygen atoms in total. The van der Waals surface area contributed by atoms with Crippen LogP contribution in [-0.2, 0) is 6.42 Å². The summed E-state index contributed by atoms with van der Waals surface area (Å²) in [5, 5.41) is 2.45. The monoisotopic (exact) mass is 479 g/mol. The Hall–Kier alpha value is -2.78. The van der Waals surface area contributed by atoms with Crippen LogP contribution in [0.15, 0.2) is 22.6 Å². The lowest BCUT2D eigenvalue weighted by Gasteiger charge is -2.27. The number of amides is 1. The summed E-state index contributed by atoms with van der Waals surface area (Å²) >= 11 is 0. The summed E-state index contributed by atoms with van der Waals surface area (Å²) in [7, 11) is 0. The van der Waals surface area contributed by atoms with Gasteiger partial charge >= 0.3 is 6.18 Å². The molecule has 0 bridgehead atoms. The van der Waals surface area contributed by atoms with Crippen molar-refractivity contribution in [1.29, 1.82) is 0 Å². The standard InChI is InChI=1S/C24H25F4N3O3/c25-18-8-16(3-4-19(18)33-17-6-14-5-15(14)7-17)29-22(32)21-20(9-24(26,27)28)34-23(30-21)31-10-12-1-2-13(12)11-31/h3-4,8,12-15,17H,1-2,5-7,9-11H2,(H,29,32)/t12?,13?,14-,15?,17?/m1/s1. The molecule has 4 aliphatic rings. The number of carbonyl (C=O) groups excluding carboxylic acids is 1. The van der Waals surface area contributed by atoms with Crippen molar-refractivity contribution in [2.75, 3.05) is 23.3 Å². The smallest absolute Gasteiger partial charge is 0.396 e. The fraction of sp³-hybridized carbons (Fsp3) is 0.583. The molecule has 34 heavy (non-hydrogen) atoms. The van der Waals surface area contributed by atoms with Gasteiger partial charge in [-0.3, -0.25) is 4.79 Å². The maximum atomic E-state index is 14.6. The second kappa shape index (κ2) is 7.88. The van der Waals surface area contributed by atoms with Gasteiger partial charge in [-0.1, -0.05) is 0 Å². The molecule has 2 aromatic rings. The van der Waals surface area contributed by atoms with E-state index in [4.69, 9.17) is 9.15 Å². The van der Waals surface area contributed by atoms with Gasteiger partial charge in [0.15, 0.2) is 17.3 Å². The highest BCUT2D eigenvalue weighted by Crippen LogP contribution is 2.52. The molecule has 2 heterocycles. The highest BCUT2D eigenvalue weighted by molar-refractivity contribution is 6.03. The summed E-state index contributed by atoms with van der Waals surface area (Å²) in [5.41, 5.74) is -0.330. The first kappa shape index (κ1) is 21.7. The highest BCUT2D eigenvalue weighted by atomic mass is 19.4. The van der Waals surface area contributed by atoms with Crippen LogP contribution in [0.1, 0.15) is 48.4 Å². The molecule has 1 saturated heterocycles. The minimum Gasteiger partial charge on any atom is -0.487 e. The summed E-state index contributed by atoms with van der Waals surface area (Å²) in [6.45, 7) is 1.32. The van der Waals surface area contributed by atoms with E-state index in [1.54, 1.807) is 4.90 Å². The van der Waals surface area contributed by atoms with Crippen molar-refractivity contribution < 1.29 is 31.5 Å². The van der Waals surface area contributed by atoms with Crippen LogP contribution in [-0.4, -0.2) is 36.3 Å². The van der Waals surface area contributed by atoms with E-state index in [0.717, 1.165) is 31.7 Å². The lowest BCUT2D eigenvalue weighted by Crippen LogP contribution is -2.22. The van der Waals surface area contributed by atoms with Gasteiger partial charge in [0.25, 0.3) is 11.9 Å². The lowest BCUT2D eigenvalue weighted by atomic mass is 9.77. The van der Waals surface area contributed by atoms with Crippen LogP contribution in [0.4, 0.5) is 29.3 Å². The Kier molecular flexibility index (Phi) is 5.04. The molecule has 1 aromatic heterocycles. The molecular weight excluding hydrogens is 454 g/mol. The Balaban J connectivity index is 1.17. The molecule has 1 amide bonds.